The first kappa shape index (κ1) is 11.3. The standard InChI is InChI=1S/C14H12N4O/c1-3-7-11(8-4-1)15-13-14(18-19-17-13)16-12-9-5-2-6-10-12/h1-10H,(H,15,17)(H,16,18). The van der Waals surface area contributed by atoms with Crippen LogP contribution in [0.5, 0.6) is 0 Å². The van der Waals surface area contributed by atoms with Crippen LogP contribution in [-0.2, 0) is 0 Å². The molecule has 1 aromatic heterocycles. The highest BCUT2D eigenvalue weighted by Gasteiger charge is 2.09. The minimum Gasteiger partial charge on any atom is -0.334 e. The first-order valence-electron chi connectivity index (χ1n) is 5.88. The van der Waals surface area contributed by atoms with Crippen molar-refractivity contribution in [3.05, 3.63) is 60.7 Å². The molecule has 0 fully saturated rings. The van der Waals surface area contributed by atoms with Gasteiger partial charge in [0.1, 0.15) is 0 Å². The van der Waals surface area contributed by atoms with E-state index in [0.29, 0.717) is 11.6 Å². The van der Waals surface area contributed by atoms with E-state index in [0.717, 1.165) is 11.4 Å². The molecule has 0 spiro atoms. The Bertz CT molecular complexity index is 581. The molecule has 1 heterocycles. The number of rotatable bonds is 4. The second kappa shape index (κ2) is 5.22. The summed E-state index contributed by atoms with van der Waals surface area (Å²) in [5, 5.41) is 14.0. The van der Waals surface area contributed by atoms with Crippen molar-refractivity contribution < 1.29 is 4.63 Å². The molecule has 5 heteroatoms. The number of benzene rings is 2. The Balaban J connectivity index is 1.79. The first-order chi connectivity index (χ1) is 9.42. The van der Waals surface area contributed by atoms with Gasteiger partial charge in [-0.15, -0.1) is 0 Å². The molecule has 0 saturated heterocycles. The van der Waals surface area contributed by atoms with Gasteiger partial charge in [0.15, 0.2) is 0 Å². The van der Waals surface area contributed by atoms with E-state index in [2.05, 4.69) is 20.9 Å². The summed E-state index contributed by atoms with van der Waals surface area (Å²) in [6.45, 7) is 0. The number of hydrogen-bond acceptors (Lipinski definition) is 5. The summed E-state index contributed by atoms with van der Waals surface area (Å²) < 4.78 is 4.77. The van der Waals surface area contributed by atoms with Crippen molar-refractivity contribution in [1.82, 2.24) is 10.3 Å². The molecule has 5 nitrogen and oxygen atoms in total. The van der Waals surface area contributed by atoms with E-state index in [9.17, 15) is 0 Å². The molecule has 0 radical (unpaired) electrons. The second-order valence-electron chi connectivity index (χ2n) is 3.94. The normalized spacial score (nSPS) is 10.1. The quantitative estimate of drug-likeness (QED) is 0.743. The van der Waals surface area contributed by atoms with E-state index >= 15 is 0 Å². The fourth-order valence-corrected chi connectivity index (χ4v) is 1.67. The minimum atomic E-state index is 0.551. The smallest absolute Gasteiger partial charge is 0.219 e. The summed E-state index contributed by atoms with van der Waals surface area (Å²) >= 11 is 0. The van der Waals surface area contributed by atoms with Gasteiger partial charge in [-0.05, 0) is 34.6 Å². The topological polar surface area (TPSA) is 63.0 Å². The molecule has 0 atom stereocenters. The van der Waals surface area contributed by atoms with Gasteiger partial charge in [0.25, 0.3) is 0 Å². The van der Waals surface area contributed by atoms with E-state index in [1.165, 1.54) is 0 Å². The van der Waals surface area contributed by atoms with Crippen LogP contribution in [0.4, 0.5) is 23.0 Å². The highest BCUT2D eigenvalue weighted by molar-refractivity contribution is 5.71. The molecular weight excluding hydrogens is 240 g/mol. The van der Waals surface area contributed by atoms with Gasteiger partial charge in [-0.3, -0.25) is 0 Å². The van der Waals surface area contributed by atoms with E-state index in [4.69, 9.17) is 4.63 Å². The predicted octanol–water partition coefficient (Wildman–Crippen LogP) is 3.56. The third kappa shape index (κ3) is 2.71. The third-order valence-electron chi connectivity index (χ3n) is 2.56. The van der Waals surface area contributed by atoms with Crippen LogP contribution < -0.4 is 10.6 Å². The van der Waals surface area contributed by atoms with Crippen molar-refractivity contribution >= 4 is 23.0 Å². The lowest BCUT2D eigenvalue weighted by Gasteiger charge is -2.05. The van der Waals surface area contributed by atoms with Gasteiger partial charge in [0.2, 0.25) is 11.6 Å². The summed E-state index contributed by atoms with van der Waals surface area (Å²) in [6.07, 6.45) is 0. The van der Waals surface area contributed by atoms with Gasteiger partial charge in [0.05, 0.1) is 0 Å². The number of anilines is 4. The third-order valence-corrected chi connectivity index (χ3v) is 2.56. The molecule has 2 N–H and O–H groups in total. The van der Waals surface area contributed by atoms with Crippen molar-refractivity contribution in [1.29, 1.82) is 0 Å². The van der Waals surface area contributed by atoms with Crippen molar-refractivity contribution in [2.45, 2.75) is 0 Å². The van der Waals surface area contributed by atoms with Crippen LogP contribution in [0.1, 0.15) is 0 Å². The molecule has 0 unspecified atom stereocenters. The van der Waals surface area contributed by atoms with Crippen LogP contribution in [0.25, 0.3) is 0 Å². The Hall–Kier alpha value is -2.82. The summed E-state index contributed by atoms with van der Waals surface area (Å²) in [7, 11) is 0. The molecule has 0 aliphatic carbocycles. The van der Waals surface area contributed by atoms with E-state index < -0.39 is 0 Å². The average molecular weight is 252 g/mol. The Morgan fingerprint density at radius 3 is 1.47 bits per heavy atom. The molecule has 0 saturated carbocycles. The molecule has 0 aliphatic rings. The summed E-state index contributed by atoms with van der Waals surface area (Å²) in [5.41, 5.74) is 1.85. The lowest BCUT2D eigenvalue weighted by atomic mass is 10.3. The summed E-state index contributed by atoms with van der Waals surface area (Å²) in [4.78, 5) is 0. The molecule has 19 heavy (non-hydrogen) atoms. The summed E-state index contributed by atoms with van der Waals surface area (Å²) in [6, 6.07) is 19.5. The molecule has 0 amide bonds. The van der Waals surface area contributed by atoms with Gasteiger partial charge >= 0.3 is 0 Å². The first-order valence-corrected chi connectivity index (χ1v) is 5.88. The maximum absolute atomic E-state index is 4.77. The number of aromatic nitrogens is 2. The lowest BCUT2D eigenvalue weighted by molar-refractivity contribution is 0.310. The van der Waals surface area contributed by atoms with E-state index in [1.54, 1.807) is 0 Å². The highest BCUT2D eigenvalue weighted by Crippen LogP contribution is 2.24. The SMILES string of the molecule is c1ccc(Nc2nonc2Nc2ccccc2)cc1. The highest BCUT2D eigenvalue weighted by atomic mass is 16.6. The van der Waals surface area contributed by atoms with Crippen LogP contribution in [0.2, 0.25) is 0 Å². The Kier molecular flexibility index (Phi) is 3.10. The average Bonchev–Trinajstić information content (AvgIpc) is 2.88. The maximum atomic E-state index is 4.77. The van der Waals surface area contributed by atoms with Crippen LogP contribution in [-0.4, -0.2) is 10.3 Å². The molecule has 3 rings (SSSR count). The van der Waals surface area contributed by atoms with E-state index in [-0.39, 0.29) is 0 Å². The Labute approximate surface area is 110 Å². The maximum Gasteiger partial charge on any atom is 0.219 e. The summed E-state index contributed by atoms with van der Waals surface area (Å²) in [5.74, 6) is 1.10. The van der Waals surface area contributed by atoms with Crippen LogP contribution in [0, 0.1) is 0 Å². The van der Waals surface area contributed by atoms with Crippen molar-refractivity contribution in [3.8, 4) is 0 Å². The van der Waals surface area contributed by atoms with Gasteiger partial charge in [-0.2, -0.15) is 0 Å². The predicted molar refractivity (Wildman–Crippen MR) is 73.7 cm³/mol. The zero-order valence-electron chi connectivity index (χ0n) is 10.1. The Morgan fingerprint density at radius 2 is 1.05 bits per heavy atom. The molecule has 3 aromatic rings. The Morgan fingerprint density at radius 1 is 0.632 bits per heavy atom. The fraction of sp³-hybridized carbons (Fsp3) is 0. The largest absolute Gasteiger partial charge is 0.334 e. The zero-order chi connectivity index (χ0) is 12.9. The zero-order valence-corrected chi connectivity index (χ0v) is 10.1. The van der Waals surface area contributed by atoms with Gasteiger partial charge in [0, 0.05) is 11.4 Å². The minimum absolute atomic E-state index is 0.551. The molecule has 0 bridgehead atoms. The van der Waals surface area contributed by atoms with Crippen LogP contribution in [0.3, 0.4) is 0 Å². The molecule has 0 aliphatic heterocycles. The molecular formula is C14H12N4O. The lowest BCUT2D eigenvalue weighted by Crippen LogP contribution is -1.96. The monoisotopic (exact) mass is 252 g/mol. The number of para-hydroxylation sites is 2. The number of nitrogens with zero attached hydrogens (tertiary/aromatic N) is 2. The van der Waals surface area contributed by atoms with Crippen LogP contribution >= 0.6 is 0 Å². The number of nitrogens with one attached hydrogen (secondary N) is 2. The van der Waals surface area contributed by atoms with E-state index in [1.807, 2.05) is 60.7 Å². The van der Waals surface area contributed by atoms with Gasteiger partial charge in [-0.25, -0.2) is 4.63 Å². The second-order valence-corrected chi connectivity index (χ2v) is 3.94. The van der Waals surface area contributed by atoms with Gasteiger partial charge < -0.3 is 10.6 Å². The van der Waals surface area contributed by atoms with Crippen LogP contribution in [0.15, 0.2) is 65.3 Å². The van der Waals surface area contributed by atoms with Crippen molar-refractivity contribution in [2.24, 2.45) is 0 Å². The fourth-order valence-electron chi connectivity index (χ4n) is 1.67. The van der Waals surface area contributed by atoms with Gasteiger partial charge in [-0.1, -0.05) is 36.4 Å². The van der Waals surface area contributed by atoms with Crippen molar-refractivity contribution in [3.63, 3.8) is 0 Å². The molecule has 94 valence electrons. The van der Waals surface area contributed by atoms with Crippen molar-refractivity contribution in [2.75, 3.05) is 10.6 Å². The number of hydrogen-bond donors (Lipinski definition) is 2. The molecule has 2 aromatic carbocycles.